The Morgan fingerprint density at radius 3 is 2.18 bits per heavy atom. The third-order valence-electron chi connectivity index (χ3n) is 5.14. The smallest absolute Gasteiger partial charge is 0.241 e. The van der Waals surface area contributed by atoms with Crippen LogP contribution in [0, 0.1) is 18.8 Å². The van der Waals surface area contributed by atoms with E-state index in [0.29, 0.717) is 10.7 Å². The van der Waals surface area contributed by atoms with Crippen molar-refractivity contribution >= 4 is 29.1 Å². The molecule has 1 aromatic rings. The summed E-state index contributed by atoms with van der Waals surface area (Å²) in [5.74, 6) is -1.33. The fourth-order valence-corrected chi connectivity index (χ4v) is 4.26. The van der Waals surface area contributed by atoms with E-state index in [2.05, 4.69) is 0 Å². The average molecular weight is 318 g/mol. The lowest BCUT2D eigenvalue weighted by atomic mass is 9.73. The molecule has 3 aliphatic rings. The molecule has 22 heavy (non-hydrogen) atoms. The highest BCUT2D eigenvalue weighted by Crippen LogP contribution is 2.57. The van der Waals surface area contributed by atoms with Gasteiger partial charge in [0.2, 0.25) is 11.8 Å². The minimum Gasteiger partial charge on any atom is -0.359 e. The predicted molar refractivity (Wildman–Crippen MR) is 82.7 cm³/mol. The van der Waals surface area contributed by atoms with E-state index in [1.165, 1.54) is 4.90 Å². The molecule has 1 aromatic carbocycles. The van der Waals surface area contributed by atoms with Crippen LogP contribution in [0.1, 0.15) is 19.4 Å². The SMILES string of the molecule is Cc1ccc(Cl)cc1N1C(=O)[C@H]2[C@H](C1=O)[C@@]1(C)C=C[C@@]2(C)O1. The van der Waals surface area contributed by atoms with E-state index in [0.717, 1.165) is 5.56 Å². The Bertz CT molecular complexity index is 722. The number of benzene rings is 1. The number of ether oxygens (including phenoxy) is 1. The number of hydrogen-bond donors (Lipinski definition) is 0. The lowest BCUT2D eigenvalue weighted by Gasteiger charge is -2.26. The van der Waals surface area contributed by atoms with Gasteiger partial charge in [0.15, 0.2) is 0 Å². The van der Waals surface area contributed by atoms with E-state index in [-0.39, 0.29) is 11.8 Å². The lowest BCUT2D eigenvalue weighted by Crippen LogP contribution is -2.39. The summed E-state index contributed by atoms with van der Waals surface area (Å²) < 4.78 is 5.99. The lowest BCUT2D eigenvalue weighted by molar-refractivity contribution is -0.128. The predicted octanol–water partition coefficient (Wildman–Crippen LogP) is 2.87. The number of carbonyl (C=O) groups is 2. The third kappa shape index (κ3) is 1.52. The van der Waals surface area contributed by atoms with Gasteiger partial charge in [0.05, 0.1) is 28.7 Å². The molecule has 0 aromatic heterocycles. The fourth-order valence-electron chi connectivity index (χ4n) is 4.09. The molecule has 0 aliphatic carbocycles. The first kappa shape index (κ1) is 14.0. The summed E-state index contributed by atoms with van der Waals surface area (Å²) in [4.78, 5) is 27.2. The van der Waals surface area contributed by atoms with Gasteiger partial charge in [-0.15, -0.1) is 0 Å². The van der Waals surface area contributed by atoms with Crippen LogP contribution in [0.5, 0.6) is 0 Å². The summed E-state index contributed by atoms with van der Waals surface area (Å²) >= 11 is 6.05. The molecule has 0 unspecified atom stereocenters. The number of nitrogens with zero attached hydrogens (tertiary/aromatic N) is 1. The second kappa shape index (κ2) is 4.00. The van der Waals surface area contributed by atoms with Gasteiger partial charge >= 0.3 is 0 Å². The summed E-state index contributed by atoms with van der Waals surface area (Å²) in [6.45, 7) is 5.62. The van der Waals surface area contributed by atoms with Gasteiger partial charge in [-0.25, -0.2) is 4.90 Å². The Hall–Kier alpha value is -1.65. The second-order valence-corrected chi connectivity index (χ2v) is 7.14. The minimum absolute atomic E-state index is 0.198. The van der Waals surface area contributed by atoms with Crippen molar-refractivity contribution in [3.05, 3.63) is 40.9 Å². The Morgan fingerprint density at radius 1 is 1.09 bits per heavy atom. The van der Waals surface area contributed by atoms with E-state index in [4.69, 9.17) is 16.3 Å². The normalized spacial score (nSPS) is 39.0. The van der Waals surface area contributed by atoms with Gasteiger partial charge in [-0.05, 0) is 38.5 Å². The minimum atomic E-state index is -0.701. The van der Waals surface area contributed by atoms with Crippen LogP contribution in [0.2, 0.25) is 5.02 Å². The van der Waals surface area contributed by atoms with Crippen molar-refractivity contribution in [3.63, 3.8) is 0 Å². The molecule has 5 heteroatoms. The molecule has 2 fully saturated rings. The second-order valence-electron chi connectivity index (χ2n) is 6.70. The van der Waals surface area contributed by atoms with Crippen molar-refractivity contribution in [1.82, 2.24) is 0 Å². The molecule has 4 rings (SSSR count). The highest BCUT2D eigenvalue weighted by Gasteiger charge is 2.70. The van der Waals surface area contributed by atoms with Crippen LogP contribution in [0.25, 0.3) is 0 Å². The van der Waals surface area contributed by atoms with Crippen LogP contribution >= 0.6 is 11.6 Å². The number of carbonyl (C=O) groups excluding carboxylic acids is 2. The molecule has 4 atom stereocenters. The molecule has 4 nitrogen and oxygen atoms in total. The standard InChI is InChI=1S/C17H16ClNO3/c1-9-4-5-10(18)8-11(9)19-14(20)12-13(15(19)21)17(3)7-6-16(12,2)22-17/h4-8,12-13H,1-3H3/t12-,13-,16-,17-/m1/s1. The number of anilines is 1. The number of halogens is 1. The third-order valence-corrected chi connectivity index (χ3v) is 5.37. The van der Waals surface area contributed by atoms with Crippen molar-refractivity contribution in [1.29, 1.82) is 0 Å². The first-order valence-corrected chi connectivity index (χ1v) is 7.69. The molecule has 0 N–H and O–H groups in total. The zero-order valence-electron chi connectivity index (χ0n) is 12.6. The van der Waals surface area contributed by atoms with Gasteiger partial charge in [-0.2, -0.15) is 0 Å². The number of aryl methyl sites for hydroxylation is 1. The van der Waals surface area contributed by atoms with Gasteiger partial charge in [0.1, 0.15) is 0 Å². The van der Waals surface area contributed by atoms with E-state index >= 15 is 0 Å². The number of imide groups is 1. The van der Waals surface area contributed by atoms with E-state index in [1.807, 2.05) is 39.0 Å². The van der Waals surface area contributed by atoms with E-state index in [9.17, 15) is 9.59 Å². The molecule has 3 heterocycles. The first-order chi connectivity index (χ1) is 10.3. The zero-order chi connectivity index (χ0) is 15.9. The van der Waals surface area contributed by atoms with Crippen molar-refractivity contribution in [2.24, 2.45) is 11.8 Å². The fraction of sp³-hybridized carbons (Fsp3) is 0.412. The summed E-state index contributed by atoms with van der Waals surface area (Å²) in [7, 11) is 0. The highest BCUT2D eigenvalue weighted by atomic mass is 35.5. The van der Waals surface area contributed by atoms with Gasteiger partial charge < -0.3 is 4.74 Å². The van der Waals surface area contributed by atoms with Gasteiger partial charge in [0.25, 0.3) is 0 Å². The van der Waals surface area contributed by atoms with Crippen molar-refractivity contribution in [2.45, 2.75) is 32.0 Å². The average Bonchev–Trinajstić information content (AvgIpc) is 2.98. The highest BCUT2D eigenvalue weighted by molar-refractivity contribution is 6.31. The largest absolute Gasteiger partial charge is 0.359 e. The van der Waals surface area contributed by atoms with Crippen molar-refractivity contribution in [2.75, 3.05) is 4.90 Å². The molecular weight excluding hydrogens is 302 g/mol. The van der Waals surface area contributed by atoms with E-state index in [1.54, 1.807) is 12.1 Å². The molecule has 3 aliphatic heterocycles. The summed E-state index contributed by atoms with van der Waals surface area (Å²) in [5, 5.41) is 0.507. The topological polar surface area (TPSA) is 46.6 Å². The maximum Gasteiger partial charge on any atom is 0.241 e. The molecule has 2 saturated heterocycles. The van der Waals surface area contributed by atoms with Gasteiger partial charge in [-0.1, -0.05) is 29.8 Å². The summed E-state index contributed by atoms with van der Waals surface area (Å²) in [6, 6.07) is 5.25. The monoisotopic (exact) mass is 317 g/mol. The van der Waals surface area contributed by atoms with Gasteiger partial charge in [-0.3, -0.25) is 9.59 Å². The number of rotatable bonds is 1. The van der Waals surface area contributed by atoms with Crippen LogP contribution in [0.4, 0.5) is 5.69 Å². The molecule has 2 amide bonds. The Kier molecular flexibility index (Phi) is 2.54. The van der Waals surface area contributed by atoms with Crippen LogP contribution in [0.3, 0.4) is 0 Å². The molecule has 0 saturated carbocycles. The van der Waals surface area contributed by atoms with Crippen LogP contribution < -0.4 is 4.90 Å². The maximum absolute atomic E-state index is 12.9. The van der Waals surface area contributed by atoms with Gasteiger partial charge in [0, 0.05) is 5.02 Å². The van der Waals surface area contributed by atoms with Crippen LogP contribution in [0.15, 0.2) is 30.4 Å². The van der Waals surface area contributed by atoms with Crippen LogP contribution in [-0.4, -0.2) is 23.0 Å². The summed E-state index contributed by atoms with van der Waals surface area (Å²) in [6.07, 6.45) is 3.82. The zero-order valence-corrected chi connectivity index (χ0v) is 13.3. The maximum atomic E-state index is 12.9. The Balaban J connectivity index is 1.85. The number of fused-ring (bicyclic) bond motifs is 5. The molecule has 114 valence electrons. The molecule has 0 spiro atoms. The van der Waals surface area contributed by atoms with Crippen molar-refractivity contribution in [3.8, 4) is 0 Å². The Morgan fingerprint density at radius 2 is 1.64 bits per heavy atom. The van der Waals surface area contributed by atoms with Crippen molar-refractivity contribution < 1.29 is 14.3 Å². The Labute approximate surface area is 133 Å². The quantitative estimate of drug-likeness (QED) is 0.591. The number of hydrogen-bond acceptors (Lipinski definition) is 3. The molecule has 0 radical (unpaired) electrons. The van der Waals surface area contributed by atoms with E-state index < -0.39 is 23.0 Å². The molecule has 2 bridgehead atoms. The van der Waals surface area contributed by atoms with Crippen LogP contribution in [-0.2, 0) is 14.3 Å². The first-order valence-electron chi connectivity index (χ1n) is 7.31. The molecular formula is C17H16ClNO3. The summed E-state index contributed by atoms with van der Waals surface area (Å²) in [5.41, 5.74) is 0.0203. The number of amides is 2.